The number of anilines is 1. The number of guanidine groups is 1. The third-order valence-corrected chi connectivity index (χ3v) is 3.54. The number of halogens is 1. The second kappa shape index (κ2) is 11.5. The number of aliphatic imine (C=N–C) groups is 1. The lowest BCUT2D eigenvalue weighted by Gasteiger charge is -2.14. The van der Waals surface area contributed by atoms with E-state index in [2.05, 4.69) is 15.6 Å². The predicted molar refractivity (Wildman–Crippen MR) is 116 cm³/mol. The smallest absolute Gasteiger partial charge is 0.195 e. The Labute approximate surface area is 172 Å². The Morgan fingerprint density at radius 2 is 1.81 bits per heavy atom. The van der Waals surface area contributed by atoms with Crippen molar-refractivity contribution in [2.24, 2.45) is 4.99 Å². The number of rotatable bonds is 7. The largest absolute Gasteiger partial charge is 0.494 e. The number of nitrogens with one attached hydrogen (secondary N) is 2. The molecule has 7 heteroatoms. The average molecular weight is 471 g/mol. The van der Waals surface area contributed by atoms with E-state index in [1.54, 1.807) is 21.3 Å². The minimum absolute atomic E-state index is 0. The molecule has 0 unspecified atom stereocenters. The summed E-state index contributed by atoms with van der Waals surface area (Å²) in [5.74, 6) is 2.87. The molecule has 0 aliphatic carbocycles. The lowest BCUT2D eigenvalue weighted by molar-refractivity contribution is 0.340. The first-order valence-corrected chi connectivity index (χ1v) is 8.11. The SMILES string of the molecule is CCOc1cccc(CNC(=NC)Nc2ccc(OC)c(OC)c2)c1.I. The monoisotopic (exact) mass is 471 g/mol. The van der Waals surface area contributed by atoms with Crippen LogP contribution in [0, 0.1) is 0 Å². The second-order valence-corrected chi connectivity index (χ2v) is 5.20. The minimum Gasteiger partial charge on any atom is -0.494 e. The third kappa shape index (κ3) is 6.29. The van der Waals surface area contributed by atoms with Crippen molar-refractivity contribution in [1.29, 1.82) is 0 Å². The van der Waals surface area contributed by atoms with Crippen LogP contribution in [0.4, 0.5) is 5.69 Å². The average Bonchev–Trinajstić information content (AvgIpc) is 2.65. The molecule has 0 aromatic heterocycles. The van der Waals surface area contributed by atoms with E-state index in [9.17, 15) is 0 Å². The van der Waals surface area contributed by atoms with Crippen LogP contribution in [-0.4, -0.2) is 33.8 Å². The highest BCUT2D eigenvalue weighted by molar-refractivity contribution is 14.0. The normalized spacial score (nSPS) is 10.5. The van der Waals surface area contributed by atoms with Crippen molar-refractivity contribution in [1.82, 2.24) is 5.32 Å². The topological polar surface area (TPSA) is 64.1 Å². The first kappa shape index (κ1) is 21.9. The van der Waals surface area contributed by atoms with E-state index in [0.717, 1.165) is 17.0 Å². The van der Waals surface area contributed by atoms with Crippen LogP contribution in [0.3, 0.4) is 0 Å². The molecule has 0 saturated carbocycles. The number of benzene rings is 2. The maximum absolute atomic E-state index is 5.52. The van der Waals surface area contributed by atoms with Gasteiger partial charge in [-0.2, -0.15) is 0 Å². The van der Waals surface area contributed by atoms with E-state index in [1.807, 2.05) is 49.4 Å². The molecular weight excluding hydrogens is 445 g/mol. The van der Waals surface area contributed by atoms with E-state index in [0.29, 0.717) is 30.6 Å². The van der Waals surface area contributed by atoms with Crippen LogP contribution in [0.5, 0.6) is 17.2 Å². The molecule has 0 amide bonds. The first-order valence-electron chi connectivity index (χ1n) is 8.11. The molecule has 0 atom stereocenters. The molecule has 0 spiro atoms. The van der Waals surface area contributed by atoms with Gasteiger partial charge in [0.1, 0.15) is 5.75 Å². The lowest BCUT2D eigenvalue weighted by atomic mass is 10.2. The molecular formula is C19H26IN3O3. The van der Waals surface area contributed by atoms with Crippen molar-refractivity contribution in [2.75, 3.05) is 33.2 Å². The van der Waals surface area contributed by atoms with Gasteiger partial charge in [0.2, 0.25) is 0 Å². The van der Waals surface area contributed by atoms with E-state index in [1.165, 1.54) is 0 Å². The van der Waals surface area contributed by atoms with E-state index in [4.69, 9.17) is 14.2 Å². The molecule has 2 aromatic rings. The summed E-state index contributed by atoms with van der Waals surface area (Å²) in [5, 5.41) is 6.52. The summed E-state index contributed by atoms with van der Waals surface area (Å²) in [7, 11) is 4.95. The van der Waals surface area contributed by atoms with Crippen molar-refractivity contribution in [2.45, 2.75) is 13.5 Å². The Kier molecular flexibility index (Phi) is 9.64. The van der Waals surface area contributed by atoms with E-state index < -0.39 is 0 Å². The molecule has 0 aliphatic heterocycles. The highest BCUT2D eigenvalue weighted by Gasteiger charge is 2.06. The summed E-state index contributed by atoms with van der Waals surface area (Å²) >= 11 is 0. The zero-order chi connectivity index (χ0) is 18.1. The van der Waals surface area contributed by atoms with Gasteiger partial charge in [-0.3, -0.25) is 4.99 Å². The maximum Gasteiger partial charge on any atom is 0.195 e. The van der Waals surface area contributed by atoms with Crippen molar-refractivity contribution in [3.05, 3.63) is 48.0 Å². The fraction of sp³-hybridized carbons (Fsp3) is 0.316. The van der Waals surface area contributed by atoms with Gasteiger partial charge in [0.15, 0.2) is 17.5 Å². The summed E-state index contributed by atoms with van der Waals surface area (Å²) < 4.78 is 16.1. The summed E-state index contributed by atoms with van der Waals surface area (Å²) in [4.78, 5) is 4.25. The standard InChI is InChI=1S/C19H25N3O3.HI/c1-5-25-16-8-6-7-14(11-16)13-21-19(20-2)22-15-9-10-17(23-3)18(12-15)24-4;/h6-12H,5,13H2,1-4H3,(H2,20,21,22);1H. The van der Waals surface area contributed by atoms with Crippen LogP contribution < -0.4 is 24.8 Å². The van der Waals surface area contributed by atoms with Gasteiger partial charge in [-0.25, -0.2) is 0 Å². The molecule has 2 N–H and O–H groups in total. The summed E-state index contributed by atoms with van der Waals surface area (Å²) in [6.07, 6.45) is 0. The summed E-state index contributed by atoms with van der Waals surface area (Å²) in [5.41, 5.74) is 1.97. The van der Waals surface area contributed by atoms with Gasteiger partial charge in [0.05, 0.1) is 20.8 Å². The van der Waals surface area contributed by atoms with Gasteiger partial charge in [-0.1, -0.05) is 12.1 Å². The Hall–Kier alpha value is -2.16. The Morgan fingerprint density at radius 3 is 2.46 bits per heavy atom. The van der Waals surface area contributed by atoms with Crippen LogP contribution in [-0.2, 0) is 6.54 Å². The molecule has 0 aliphatic rings. The number of hydrogen-bond acceptors (Lipinski definition) is 4. The van der Waals surface area contributed by atoms with Crippen LogP contribution >= 0.6 is 24.0 Å². The van der Waals surface area contributed by atoms with Gasteiger partial charge < -0.3 is 24.8 Å². The molecule has 142 valence electrons. The van der Waals surface area contributed by atoms with Crippen LogP contribution in [0.15, 0.2) is 47.5 Å². The number of ether oxygens (including phenoxy) is 3. The highest BCUT2D eigenvalue weighted by Crippen LogP contribution is 2.29. The fourth-order valence-electron chi connectivity index (χ4n) is 2.33. The van der Waals surface area contributed by atoms with Crippen LogP contribution in [0.2, 0.25) is 0 Å². The molecule has 0 fully saturated rings. The quantitative estimate of drug-likeness (QED) is 0.364. The van der Waals surface area contributed by atoms with Crippen molar-refractivity contribution in [3.8, 4) is 17.2 Å². The highest BCUT2D eigenvalue weighted by atomic mass is 127. The van der Waals surface area contributed by atoms with Gasteiger partial charge in [-0.05, 0) is 36.8 Å². The Morgan fingerprint density at radius 1 is 1.04 bits per heavy atom. The molecule has 26 heavy (non-hydrogen) atoms. The van der Waals surface area contributed by atoms with E-state index >= 15 is 0 Å². The predicted octanol–water partition coefficient (Wildman–Crippen LogP) is 3.91. The van der Waals surface area contributed by atoms with Gasteiger partial charge in [0, 0.05) is 25.3 Å². The number of hydrogen-bond donors (Lipinski definition) is 2. The molecule has 0 bridgehead atoms. The molecule has 0 saturated heterocycles. The zero-order valence-electron chi connectivity index (χ0n) is 15.5. The lowest BCUT2D eigenvalue weighted by Crippen LogP contribution is -2.30. The molecule has 6 nitrogen and oxygen atoms in total. The molecule has 0 radical (unpaired) electrons. The van der Waals surface area contributed by atoms with Crippen molar-refractivity contribution in [3.63, 3.8) is 0 Å². The summed E-state index contributed by atoms with van der Waals surface area (Å²) in [6.45, 7) is 3.26. The minimum atomic E-state index is 0. The van der Waals surface area contributed by atoms with Gasteiger partial charge >= 0.3 is 0 Å². The van der Waals surface area contributed by atoms with Crippen LogP contribution in [0.1, 0.15) is 12.5 Å². The van der Waals surface area contributed by atoms with Crippen molar-refractivity contribution >= 4 is 35.6 Å². The van der Waals surface area contributed by atoms with Crippen molar-refractivity contribution < 1.29 is 14.2 Å². The van der Waals surface area contributed by atoms with Crippen LogP contribution in [0.25, 0.3) is 0 Å². The fourth-order valence-corrected chi connectivity index (χ4v) is 2.33. The third-order valence-electron chi connectivity index (χ3n) is 3.54. The zero-order valence-corrected chi connectivity index (χ0v) is 17.9. The summed E-state index contributed by atoms with van der Waals surface area (Å²) in [6, 6.07) is 13.6. The van der Waals surface area contributed by atoms with Gasteiger partial charge in [-0.15, -0.1) is 24.0 Å². The Bertz CT molecular complexity index is 723. The first-order chi connectivity index (χ1) is 12.2. The molecule has 2 aromatic carbocycles. The number of methoxy groups -OCH3 is 2. The number of nitrogens with zero attached hydrogens (tertiary/aromatic N) is 1. The van der Waals surface area contributed by atoms with Gasteiger partial charge in [0.25, 0.3) is 0 Å². The molecule has 2 rings (SSSR count). The van der Waals surface area contributed by atoms with E-state index in [-0.39, 0.29) is 24.0 Å². The maximum atomic E-state index is 5.52. The Balaban J connectivity index is 0.00000338. The molecule has 0 heterocycles. The second-order valence-electron chi connectivity index (χ2n) is 5.20.